The molecule has 1 N–H and O–H groups in total. The molecule has 1 aliphatic heterocycles. The molecule has 1 saturated heterocycles. The molecule has 0 aromatic carbocycles. The topological polar surface area (TPSA) is 41.6 Å². The highest BCUT2D eigenvalue weighted by Gasteiger charge is 2.23. The average molecular weight is 258 g/mol. The Labute approximate surface area is 112 Å². The number of rotatable bonds is 5. The predicted octanol–water partition coefficient (Wildman–Crippen LogP) is 2.04. The van der Waals surface area contributed by atoms with Crippen LogP contribution in [0.15, 0.2) is 0 Å². The first-order valence-corrected chi connectivity index (χ1v) is 7.27. The number of carbonyl (C=O) groups excluding carboxylic acids is 1. The van der Waals surface area contributed by atoms with E-state index in [0.29, 0.717) is 12.6 Å². The molecule has 0 saturated carbocycles. The van der Waals surface area contributed by atoms with E-state index < -0.39 is 0 Å². The minimum atomic E-state index is 0.213. The van der Waals surface area contributed by atoms with Crippen molar-refractivity contribution < 1.29 is 9.53 Å². The van der Waals surface area contributed by atoms with Crippen molar-refractivity contribution in [3.05, 3.63) is 0 Å². The van der Waals surface area contributed by atoms with E-state index in [0.717, 1.165) is 32.5 Å². The fraction of sp³-hybridized carbons (Fsp3) is 0.929. The number of nitrogens with zero attached hydrogens (tertiary/aromatic N) is 1. The van der Waals surface area contributed by atoms with Crippen LogP contribution in [0.2, 0.25) is 0 Å². The zero-order valence-corrected chi connectivity index (χ0v) is 12.7. The lowest BCUT2D eigenvalue weighted by Gasteiger charge is -2.32. The van der Waals surface area contributed by atoms with Crippen molar-refractivity contribution in [1.82, 2.24) is 10.2 Å². The molecule has 0 spiro atoms. The molecule has 108 valence electrons. The summed E-state index contributed by atoms with van der Waals surface area (Å²) in [5.74, 6) is 0.213. The molecular formula is C14H30N2O2. The highest BCUT2D eigenvalue weighted by Crippen LogP contribution is 2.15. The van der Waals surface area contributed by atoms with Gasteiger partial charge in [0.05, 0.1) is 18.8 Å². The van der Waals surface area contributed by atoms with Gasteiger partial charge in [-0.15, -0.1) is 0 Å². The zero-order valence-electron chi connectivity index (χ0n) is 12.7. The first-order chi connectivity index (χ1) is 8.63. The Kier molecular flexibility index (Phi) is 9.98. The quantitative estimate of drug-likeness (QED) is 0.820. The molecule has 18 heavy (non-hydrogen) atoms. The summed E-state index contributed by atoms with van der Waals surface area (Å²) in [4.78, 5) is 13.6. The highest BCUT2D eigenvalue weighted by molar-refractivity contribution is 5.78. The van der Waals surface area contributed by atoms with Gasteiger partial charge in [-0.2, -0.15) is 0 Å². The lowest BCUT2D eigenvalue weighted by Crippen LogP contribution is -2.44. The molecule has 4 nitrogen and oxygen atoms in total. The fourth-order valence-corrected chi connectivity index (χ4v) is 1.97. The van der Waals surface area contributed by atoms with Crippen molar-refractivity contribution in [3.8, 4) is 0 Å². The summed E-state index contributed by atoms with van der Waals surface area (Å²) in [7, 11) is 0. The van der Waals surface area contributed by atoms with Gasteiger partial charge in [-0.05, 0) is 33.2 Å². The van der Waals surface area contributed by atoms with Crippen LogP contribution in [0.3, 0.4) is 0 Å². The maximum atomic E-state index is 11.7. The third-order valence-electron chi connectivity index (χ3n) is 2.79. The van der Waals surface area contributed by atoms with Crippen molar-refractivity contribution in [2.24, 2.45) is 0 Å². The summed E-state index contributed by atoms with van der Waals surface area (Å²) in [6, 6.07) is 0. The molecule has 1 heterocycles. The van der Waals surface area contributed by atoms with Crippen LogP contribution >= 0.6 is 0 Å². The van der Waals surface area contributed by atoms with Crippen molar-refractivity contribution >= 4 is 5.91 Å². The van der Waals surface area contributed by atoms with Crippen molar-refractivity contribution in [3.63, 3.8) is 0 Å². The summed E-state index contributed by atoms with van der Waals surface area (Å²) in [6.07, 6.45) is 2.56. The number of carbonyl (C=O) groups is 1. The van der Waals surface area contributed by atoms with E-state index in [4.69, 9.17) is 4.74 Å². The number of nitrogens with one attached hydrogen (secondary N) is 1. The Morgan fingerprint density at radius 2 is 1.89 bits per heavy atom. The second kappa shape index (κ2) is 10.3. The van der Waals surface area contributed by atoms with Crippen LogP contribution in [0.5, 0.6) is 0 Å². The number of hydrogen-bond acceptors (Lipinski definition) is 3. The Morgan fingerprint density at radius 3 is 2.33 bits per heavy atom. The van der Waals surface area contributed by atoms with Crippen LogP contribution in [-0.2, 0) is 9.53 Å². The molecule has 4 heteroatoms. The lowest BCUT2D eigenvalue weighted by molar-refractivity contribution is -0.133. The number of amides is 1. The predicted molar refractivity (Wildman–Crippen MR) is 75.7 cm³/mol. The molecule has 0 aromatic heterocycles. The van der Waals surface area contributed by atoms with Crippen molar-refractivity contribution in [1.29, 1.82) is 0 Å². The SMILES string of the molecule is CC.CCNCC(=O)N1CCC(OC(C)C)CC1. The van der Waals surface area contributed by atoms with E-state index >= 15 is 0 Å². The number of piperidine rings is 1. The van der Waals surface area contributed by atoms with Gasteiger partial charge < -0.3 is 15.0 Å². The highest BCUT2D eigenvalue weighted by atomic mass is 16.5. The van der Waals surface area contributed by atoms with Crippen LogP contribution in [0, 0.1) is 0 Å². The molecule has 0 atom stereocenters. The molecule has 1 rings (SSSR count). The van der Waals surface area contributed by atoms with E-state index in [-0.39, 0.29) is 12.0 Å². The van der Waals surface area contributed by atoms with Gasteiger partial charge in [-0.3, -0.25) is 4.79 Å². The van der Waals surface area contributed by atoms with Crippen LogP contribution in [0.25, 0.3) is 0 Å². The first kappa shape index (κ1) is 17.4. The minimum absolute atomic E-state index is 0.213. The number of hydrogen-bond donors (Lipinski definition) is 1. The van der Waals surface area contributed by atoms with Crippen LogP contribution in [0.4, 0.5) is 0 Å². The largest absolute Gasteiger partial charge is 0.375 e. The zero-order chi connectivity index (χ0) is 14.0. The van der Waals surface area contributed by atoms with E-state index in [1.165, 1.54) is 0 Å². The Morgan fingerprint density at radius 1 is 1.33 bits per heavy atom. The maximum Gasteiger partial charge on any atom is 0.236 e. The standard InChI is InChI=1S/C12H24N2O2.C2H6/c1-4-13-9-12(15)14-7-5-11(6-8-14)16-10(2)3;1-2/h10-11,13H,4-9H2,1-3H3;1-2H3. The molecule has 0 unspecified atom stereocenters. The van der Waals surface area contributed by atoms with Gasteiger partial charge >= 0.3 is 0 Å². The number of ether oxygens (including phenoxy) is 1. The smallest absolute Gasteiger partial charge is 0.236 e. The lowest BCUT2D eigenvalue weighted by atomic mass is 10.1. The Bertz CT molecular complexity index is 212. The van der Waals surface area contributed by atoms with Gasteiger partial charge in [0, 0.05) is 13.1 Å². The molecule has 1 aliphatic rings. The van der Waals surface area contributed by atoms with E-state index in [9.17, 15) is 4.79 Å². The summed E-state index contributed by atoms with van der Waals surface area (Å²) in [5.41, 5.74) is 0. The maximum absolute atomic E-state index is 11.7. The van der Waals surface area contributed by atoms with Gasteiger partial charge in [0.2, 0.25) is 5.91 Å². The van der Waals surface area contributed by atoms with Gasteiger partial charge in [0.1, 0.15) is 0 Å². The van der Waals surface area contributed by atoms with Gasteiger partial charge in [0.25, 0.3) is 0 Å². The molecule has 1 amide bonds. The summed E-state index contributed by atoms with van der Waals surface area (Å²) < 4.78 is 5.75. The van der Waals surface area contributed by atoms with Crippen molar-refractivity contribution in [2.45, 2.75) is 59.7 Å². The Hall–Kier alpha value is -0.610. The third-order valence-corrected chi connectivity index (χ3v) is 2.79. The normalized spacial score (nSPS) is 16.4. The van der Waals surface area contributed by atoms with Gasteiger partial charge in [-0.1, -0.05) is 20.8 Å². The number of likely N-dealkylation sites (tertiary alicyclic amines) is 1. The molecule has 0 aromatic rings. The van der Waals surface area contributed by atoms with Crippen LogP contribution in [0.1, 0.15) is 47.5 Å². The van der Waals surface area contributed by atoms with Crippen molar-refractivity contribution in [2.75, 3.05) is 26.2 Å². The molecule has 0 bridgehead atoms. The Balaban J connectivity index is 0.00000137. The molecule has 0 radical (unpaired) electrons. The number of likely N-dealkylation sites (N-methyl/N-ethyl adjacent to an activating group) is 1. The average Bonchev–Trinajstić information content (AvgIpc) is 2.38. The fourth-order valence-electron chi connectivity index (χ4n) is 1.97. The second-order valence-electron chi connectivity index (χ2n) is 4.55. The molecule has 1 fully saturated rings. The van der Waals surface area contributed by atoms with Gasteiger partial charge in [0.15, 0.2) is 0 Å². The summed E-state index contributed by atoms with van der Waals surface area (Å²) in [5, 5.41) is 3.07. The second-order valence-corrected chi connectivity index (χ2v) is 4.55. The van der Waals surface area contributed by atoms with E-state index in [2.05, 4.69) is 19.2 Å². The minimum Gasteiger partial charge on any atom is -0.375 e. The summed E-state index contributed by atoms with van der Waals surface area (Å²) >= 11 is 0. The van der Waals surface area contributed by atoms with E-state index in [1.54, 1.807) is 0 Å². The first-order valence-electron chi connectivity index (χ1n) is 7.27. The molecule has 0 aliphatic carbocycles. The summed E-state index contributed by atoms with van der Waals surface area (Å²) in [6.45, 7) is 13.1. The van der Waals surface area contributed by atoms with Crippen LogP contribution < -0.4 is 5.32 Å². The van der Waals surface area contributed by atoms with Crippen LogP contribution in [-0.4, -0.2) is 49.2 Å². The monoisotopic (exact) mass is 258 g/mol. The third kappa shape index (κ3) is 6.97. The van der Waals surface area contributed by atoms with E-state index in [1.807, 2.05) is 25.7 Å². The molecular weight excluding hydrogens is 228 g/mol. The van der Waals surface area contributed by atoms with Gasteiger partial charge in [-0.25, -0.2) is 0 Å².